The second-order valence-corrected chi connectivity index (χ2v) is 9.99. The molecule has 38 heteroatoms. The summed E-state index contributed by atoms with van der Waals surface area (Å²) in [4.78, 5) is 9.95. The van der Waals surface area contributed by atoms with Crippen molar-refractivity contribution in [3.63, 3.8) is 0 Å². The molecule has 1 N–H and O–H groups in total. The Balaban J connectivity index is -0.0000146. The molecule has 0 radical (unpaired) electrons. The van der Waals surface area contributed by atoms with Crippen LogP contribution < -0.4 is 29.6 Å². The van der Waals surface area contributed by atoms with Crippen LogP contribution in [0.25, 0.3) is 0 Å². The number of aliphatic carboxylic acids is 1. The molecule has 0 atom stereocenters. The summed E-state index contributed by atoms with van der Waals surface area (Å²) >= 11 is 0. The van der Waals surface area contributed by atoms with Gasteiger partial charge in [-0.1, -0.05) is 0 Å². The molecular formula is C18H2F35NaO2. The number of carbonyl (C=O) groups is 1. The summed E-state index contributed by atoms with van der Waals surface area (Å²) in [6.45, 7) is 0. The second kappa shape index (κ2) is 13.5. The number of carboxylic acid groups (broad SMARTS) is 1. The maximum absolute atomic E-state index is 13.8. The van der Waals surface area contributed by atoms with Gasteiger partial charge in [-0.2, -0.15) is 154 Å². The van der Waals surface area contributed by atoms with Gasteiger partial charge in [0.25, 0.3) is 0 Å². The molecule has 332 valence electrons. The van der Waals surface area contributed by atoms with E-state index in [2.05, 4.69) is 0 Å². The van der Waals surface area contributed by atoms with Crippen LogP contribution in [0.4, 0.5) is 154 Å². The molecule has 0 unspecified atom stereocenters. The van der Waals surface area contributed by atoms with Gasteiger partial charge in [0.05, 0.1) is 0 Å². The normalized spacial score (nSPS) is 16.8. The van der Waals surface area contributed by atoms with Crippen LogP contribution >= 0.6 is 0 Å². The van der Waals surface area contributed by atoms with E-state index in [4.69, 9.17) is 5.11 Å². The molecule has 0 saturated heterocycles. The first kappa shape index (κ1) is 56.1. The molecule has 0 amide bonds. The average Bonchev–Trinajstić information content (AvgIpc) is 2.94. The number of hydrogen-bond donors (Lipinski definition) is 1. The van der Waals surface area contributed by atoms with Crippen molar-refractivity contribution in [2.24, 2.45) is 0 Å². The molecule has 0 fully saturated rings. The Morgan fingerprint density at radius 2 is 0.357 bits per heavy atom. The van der Waals surface area contributed by atoms with Crippen LogP contribution in [0.2, 0.25) is 0 Å². The van der Waals surface area contributed by atoms with E-state index in [0.29, 0.717) is 0 Å². The summed E-state index contributed by atoms with van der Waals surface area (Å²) in [6.07, 6.45) is -8.44. The van der Waals surface area contributed by atoms with Crippen molar-refractivity contribution in [1.82, 2.24) is 0 Å². The maximum Gasteiger partial charge on any atom is 1.00 e. The monoisotopic (exact) mass is 938 g/mol. The van der Waals surface area contributed by atoms with Crippen molar-refractivity contribution >= 4 is 5.97 Å². The van der Waals surface area contributed by atoms with Gasteiger partial charge in [-0.3, -0.25) is 0 Å². The van der Waals surface area contributed by atoms with Crippen LogP contribution in [0.1, 0.15) is 1.43 Å². The van der Waals surface area contributed by atoms with Crippen LogP contribution in [0.3, 0.4) is 0 Å². The zero-order valence-corrected chi connectivity index (χ0v) is 26.1. The van der Waals surface area contributed by atoms with E-state index in [-0.39, 0.29) is 31.0 Å². The van der Waals surface area contributed by atoms with Gasteiger partial charge in [0.2, 0.25) is 0 Å². The van der Waals surface area contributed by atoms with Crippen molar-refractivity contribution in [1.29, 1.82) is 0 Å². The van der Waals surface area contributed by atoms with E-state index in [0.717, 1.165) is 0 Å². The molecule has 2 nitrogen and oxygen atoms in total. The van der Waals surface area contributed by atoms with Gasteiger partial charge < -0.3 is 6.53 Å². The van der Waals surface area contributed by atoms with Gasteiger partial charge in [-0.15, -0.1) is 0 Å². The van der Waals surface area contributed by atoms with Crippen LogP contribution in [-0.4, -0.2) is 112 Å². The fraction of sp³-hybridized carbons (Fsp3) is 0.944. The molecule has 0 bridgehead atoms. The minimum absolute atomic E-state index is 0. The molecule has 56 heavy (non-hydrogen) atoms. The Morgan fingerprint density at radius 1 is 0.250 bits per heavy atom. The molecule has 0 aliphatic heterocycles. The van der Waals surface area contributed by atoms with Crippen molar-refractivity contribution in [3.05, 3.63) is 0 Å². The maximum atomic E-state index is 13.8. The van der Waals surface area contributed by atoms with Crippen molar-refractivity contribution in [3.8, 4) is 0 Å². The van der Waals surface area contributed by atoms with E-state index in [1.807, 2.05) is 0 Å². The Kier molecular flexibility index (Phi) is 13.5. The standard InChI is InChI=1S/C18HF35O2.Na.H/c19-2(20,1(54)55)3(21,22)4(23,24)5(25,26)6(27,28)7(29,30)8(31,32)9(33,34)10(35,36)11(37,38)12(39,40)13(41,42)14(43,44)15(45,46)16(47,48)17(49,50)18(51,52)53;;/h(H,54,55);;/q;+1;-1. The van der Waals surface area contributed by atoms with E-state index in [1.54, 1.807) is 0 Å². The number of alkyl halides is 35. The smallest absolute Gasteiger partial charge is 1.00 e. The quantitative estimate of drug-likeness (QED) is 0.126. The van der Waals surface area contributed by atoms with E-state index in [1.165, 1.54) is 0 Å². The Labute approximate surface area is 302 Å². The predicted octanol–water partition coefficient (Wildman–Crippen LogP) is 7.91. The van der Waals surface area contributed by atoms with Gasteiger partial charge >= 0.3 is 136 Å². The molecule has 0 saturated carbocycles. The van der Waals surface area contributed by atoms with Crippen molar-refractivity contribution < 1.29 is 195 Å². The van der Waals surface area contributed by atoms with E-state index >= 15 is 0 Å². The summed E-state index contributed by atoms with van der Waals surface area (Å²) in [5.74, 6) is -161. The molecule has 0 aliphatic carbocycles. The third-order valence-electron chi connectivity index (χ3n) is 6.54. The Bertz CT molecular complexity index is 1460. The first-order valence-corrected chi connectivity index (χ1v) is 11.3. The average molecular weight is 938 g/mol. The molecule has 0 aromatic heterocycles. The SMILES string of the molecule is O=C(O)C(F)(F)C(F)(F)C(F)(F)C(F)(F)C(F)(F)C(F)(F)C(F)(F)C(F)(F)C(F)(F)C(F)(F)C(F)(F)C(F)(F)C(F)(F)C(F)(F)C(F)(F)C(F)(F)C(F)(F)F.[H-].[Na+]. The van der Waals surface area contributed by atoms with Crippen LogP contribution in [0, 0.1) is 0 Å². The molecule has 0 heterocycles. The number of halogens is 35. The zero-order valence-electron chi connectivity index (χ0n) is 25.1. The molecular weight excluding hydrogens is 936 g/mol. The summed E-state index contributed by atoms with van der Waals surface area (Å²) in [5, 5.41) is 7.66. The number of carboxylic acids is 1. The molecule has 0 aromatic rings. The molecule has 0 aliphatic rings. The fourth-order valence-electron chi connectivity index (χ4n) is 3.07. The molecule has 0 aromatic carbocycles. The van der Waals surface area contributed by atoms with Crippen LogP contribution in [-0.2, 0) is 4.79 Å². The fourth-order valence-corrected chi connectivity index (χ4v) is 3.07. The van der Waals surface area contributed by atoms with Crippen molar-refractivity contribution in [2.75, 3.05) is 0 Å². The van der Waals surface area contributed by atoms with Gasteiger partial charge in [0.15, 0.2) is 0 Å². The first-order chi connectivity index (χ1) is 22.9. The third kappa shape index (κ3) is 6.18. The Hall–Kier alpha value is -1.98. The van der Waals surface area contributed by atoms with E-state index in [9.17, 15) is 158 Å². The third-order valence-corrected chi connectivity index (χ3v) is 6.54. The van der Waals surface area contributed by atoms with Gasteiger partial charge in [0, 0.05) is 0 Å². The first-order valence-electron chi connectivity index (χ1n) is 11.3. The zero-order chi connectivity index (χ0) is 46.1. The summed E-state index contributed by atoms with van der Waals surface area (Å²) < 4.78 is 468. The van der Waals surface area contributed by atoms with E-state index < -0.39 is 107 Å². The molecule has 0 rings (SSSR count). The van der Waals surface area contributed by atoms with Gasteiger partial charge in [-0.25, -0.2) is 4.79 Å². The van der Waals surface area contributed by atoms with Crippen molar-refractivity contribution in [2.45, 2.75) is 101 Å². The summed E-state index contributed by atoms with van der Waals surface area (Å²) in [5.41, 5.74) is 0. The minimum atomic E-state index is -10.4. The number of hydrogen-bond acceptors (Lipinski definition) is 1. The van der Waals surface area contributed by atoms with Crippen LogP contribution in [0.15, 0.2) is 0 Å². The Morgan fingerprint density at radius 3 is 0.464 bits per heavy atom. The number of rotatable bonds is 16. The van der Waals surface area contributed by atoms with Gasteiger partial charge in [0.1, 0.15) is 0 Å². The predicted molar refractivity (Wildman–Crippen MR) is 94.0 cm³/mol. The molecule has 0 spiro atoms. The van der Waals surface area contributed by atoms with Crippen LogP contribution in [0.5, 0.6) is 0 Å². The second-order valence-electron chi connectivity index (χ2n) is 9.99. The summed E-state index contributed by atoms with van der Waals surface area (Å²) in [7, 11) is 0. The van der Waals surface area contributed by atoms with Gasteiger partial charge in [-0.05, 0) is 0 Å². The largest absolute Gasteiger partial charge is 1.00 e. The topological polar surface area (TPSA) is 37.3 Å². The summed E-state index contributed by atoms with van der Waals surface area (Å²) in [6, 6.07) is 0. The minimum Gasteiger partial charge on any atom is -1.00 e.